The van der Waals surface area contributed by atoms with Gasteiger partial charge in [-0.2, -0.15) is 0 Å². The first-order valence-corrected chi connectivity index (χ1v) is 9.22. The number of quaternary nitrogens is 1. The number of rotatable bonds is 4. The van der Waals surface area contributed by atoms with Crippen LogP contribution >= 0.6 is 23.8 Å². The van der Waals surface area contributed by atoms with Crippen molar-refractivity contribution >= 4 is 28.9 Å². The molecule has 0 amide bonds. The number of piperazine rings is 1. The Kier molecular flexibility index (Phi) is 6.11. The van der Waals surface area contributed by atoms with Crippen molar-refractivity contribution in [3.05, 3.63) is 34.9 Å². The van der Waals surface area contributed by atoms with Gasteiger partial charge in [-0.25, -0.2) is 0 Å². The van der Waals surface area contributed by atoms with Crippen LogP contribution < -0.4 is 10.2 Å². The summed E-state index contributed by atoms with van der Waals surface area (Å²) in [5.41, 5.74) is 1.23. The number of hydrogen-bond acceptors (Lipinski definition) is 2. The summed E-state index contributed by atoms with van der Waals surface area (Å²) in [6.45, 7) is 6.90. The van der Waals surface area contributed by atoms with E-state index in [2.05, 4.69) is 22.3 Å². The fourth-order valence-electron chi connectivity index (χ4n) is 3.23. The minimum Gasteiger partial charge on any atom is -0.376 e. The van der Waals surface area contributed by atoms with E-state index >= 15 is 0 Å². The van der Waals surface area contributed by atoms with Gasteiger partial charge in [-0.05, 0) is 31.1 Å². The summed E-state index contributed by atoms with van der Waals surface area (Å²) in [7, 11) is 0. The van der Waals surface area contributed by atoms with Crippen molar-refractivity contribution in [2.45, 2.75) is 25.5 Å². The molecule has 3 rings (SSSR count). The molecule has 2 fully saturated rings. The standard InChI is InChI=1S/C17H24ClN3OS/c18-16-6-2-1-4-14(16)13-20-7-9-21(10-8-20)17(23)19-12-15-5-3-11-22-15/h1-2,4,6,15H,3,5,7-13H2,(H,19,23)/p+1/t15-/m0/s1. The highest BCUT2D eigenvalue weighted by molar-refractivity contribution is 7.80. The zero-order valence-electron chi connectivity index (χ0n) is 13.4. The minimum atomic E-state index is 0.333. The third-order valence-corrected chi connectivity index (χ3v) is 5.43. The second-order valence-corrected chi connectivity index (χ2v) is 7.12. The largest absolute Gasteiger partial charge is 0.376 e. The Labute approximate surface area is 148 Å². The number of thiocarbonyl (C=S) groups is 1. The van der Waals surface area contributed by atoms with Crippen LogP contribution in [-0.2, 0) is 11.3 Å². The van der Waals surface area contributed by atoms with E-state index in [1.165, 1.54) is 12.0 Å². The van der Waals surface area contributed by atoms with Crippen LogP contribution in [0.3, 0.4) is 0 Å². The predicted molar refractivity (Wildman–Crippen MR) is 97.0 cm³/mol. The second kappa shape index (κ2) is 8.29. The molecule has 0 aromatic heterocycles. The van der Waals surface area contributed by atoms with Gasteiger partial charge in [0.05, 0.1) is 32.3 Å². The van der Waals surface area contributed by atoms with Gasteiger partial charge in [-0.15, -0.1) is 0 Å². The van der Waals surface area contributed by atoms with Gasteiger partial charge in [0.2, 0.25) is 0 Å². The Morgan fingerprint density at radius 2 is 2.13 bits per heavy atom. The first kappa shape index (κ1) is 17.0. The second-order valence-electron chi connectivity index (χ2n) is 6.33. The van der Waals surface area contributed by atoms with Gasteiger partial charge < -0.3 is 19.9 Å². The van der Waals surface area contributed by atoms with Gasteiger partial charge >= 0.3 is 0 Å². The van der Waals surface area contributed by atoms with Crippen molar-refractivity contribution < 1.29 is 9.64 Å². The Hall–Kier alpha value is -0.880. The lowest BCUT2D eigenvalue weighted by molar-refractivity contribution is -0.917. The van der Waals surface area contributed by atoms with E-state index < -0.39 is 0 Å². The smallest absolute Gasteiger partial charge is 0.169 e. The molecule has 2 aliphatic rings. The summed E-state index contributed by atoms with van der Waals surface area (Å²) in [6, 6.07) is 8.13. The van der Waals surface area contributed by atoms with Crippen molar-refractivity contribution in [2.24, 2.45) is 0 Å². The number of nitrogens with zero attached hydrogens (tertiary/aromatic N) is 1. The monoisotopic (exact) mass is 354 g/mol. The van der Waals surface area contributed by atoms with Gasteiger partial charge in [-0.3, -0.25) is 0 Å². The summed E-state index contributed by atoms with van der Waals surface area (Å²) in [4.78, 5) is 3.84. The third kappa shape index (κ3) is 4.80. The molecule has 0 unspecified atom stereocenters. The average Bonchev–Trinajstić information content (AvgIpc) is 3.09. The van der Waals surface area contributed by atoms with E-state index in [9.17, 15) is 0 Å². The summed E-state index contributed by atoms with van der Waals surface area (Å²) in [5, 5.41) is 5.11. The summed E-state index contributed by atoms with van der Waals surface area (Å²) in [6.07, 6.45) is 2.65. The number of ether oxygens (including phenoxy) is 1. The van der Waals surface area contributed by atoms with Crippen molar-refractivity contribution in [3.63, 3.8) is 0 Å². The Morgan fingerprint density at radius 1 is 1.35 bits per heavy atom. The van der Waals surface area contributed by atoms with E-state index in [0.29, 0.717) is 6.10 Å². The highest BCUT2D eigenvalue weighted by Gasteiger charge is 2.23. The van der Waals surface area contributed by atoms with Crippen LogP contribution in [0.25, 0.3) is 0 Å². The molecule has 23 heavy (non-hydrogen) atoms. The van der Waals surface area contributed by atoms with Gasteiger partial charge in [0.15, 0.2) is 5.11 Å². The van der Waals surface area contributed by atoms with Crippen molar-refractivity contribution in [1.29, 1.82) is 0 Å². The van der Waals surface area contributed by atoms with E-state index in [-0.39, 0.29) is 0 Å². The van der Waals surface area contributed by atoms with Crippen LogP contribution in [0.2, 0.25) is 5.02 Å². The molecule has 0 radical (unpaired) electrons. The summed E-state index contributed by atoms with van der Waals surface area (Å²) >= 11 is 11.8. The number of nitrogens with one attached hydrogen (secondary N) is 2. The zero-order valence-corrected chi connectivity index (χ0v) is 15.0. The number of halogens is 1. The topological polar surface area (TPSA) is 28.9 Å². The van der Waals surface area contributed by atoms with Crippen LogP contribution in [0.4, 0.5) is 0 Å². The molecule has 4 nitrogen and oxygen atoms in total. The van der Waals surface area contributed by atoms with Crippen molar-refractivity contribution in [3.8, 4) is 0 Å². The molecule has 6 heteroatoms. The Morgan fingerprint density at radius 3 is 2.83 bits per heavy atom. The van der Waals surface area contributed by atoms with E-state index in [1.807, 2.05) is 12.1 Å². The maximum atomic E-state index is 6.26. The number of hydrogen-bond donors (Lipinski definition) is 2. The first-order chi connectivity index (χ1) is 11.2. The maximum Gasteiger partial charge on any atom is 0.169 e. The SMILES string of the molecule is S=C(NC[C@@H]1CCCO1)N1CC[NH+](Cc2ccccc2Cl)CC1. The van der Waals surface area contributed by atoms with Crippen LogP contribution in [-0.4, -0.2) is 55.4 Å². The fraction of sp³-hybridized carbons (Fsp3) is 0.588. The van der Waals surface area contributed by atoms with E-state index in [4.69, 9.17) is 28.6 Å². The highest BCUT2D eigenvalue weighted by Crippen LogP contribution is 2.13. The molecule has 0 spiro atoms. The lowest BCUT2D eigenvalue weighted by Gasteiger charge is -2.34. The molecule has 0 aliphatic carbocycles. The molecule has 0 bridgehead atoms. The lowest BCUT2D eigenvalue weighted by Crippen LogP contribution is -3.13. The predicted octanol–water partition coefficient (Wildman–Crippen LogP) is 1.09. The Balaban J connectivity index is 1.41. The maximum absolute atomic E-state index is 6.26. The van der Waals surface area contributed by atoms with Gasteiger partial charge in [0.25, 0.3) is 0 Å². The fourth-order valence-corrected chi connectivity index (χ4v) is 3.70. The molecule has 2 heterocycles. The minimum absolute atomic E-state index is 0.333. The molecule has 2 aliphatic heterocycles. The van der Waals surface area contributed by atoms with Crippen LogP contribution in [0.15, 0.2) is 24.3 Å². The molecular weight excluding hydrogens is 330 g/mol. The molecule has 2 N–H and O–H groups in total. The molecular formula is C17H25ClN3OS+. The van der Waals surface area contributed by atoms with E-state index in [0.717, 1.165) is 62.4 Å². The van der Waals surface area contributed by atoms with Crippen LogP contribution in [0, 0.1) is 0 Å². The molecule has 1 aromatic carbocycles. The first-order valence-electron chi connectivity index (χ1n) is 8.44. The lowest BCUT2D eigenvalue weighted by atomic mass is 10.2. The van der Waals surface area contributed by atoms with Gasteiger partial charge in [0, 0.05) is 23.7 Å². The molecule has 2 saturated heterocycles. The van der Waals surface area contributed by atoms with Crippen LogP contribution in [0.5, 0.6) is 0 Å². The quantitative estimate of drug-likeness (QED) is 0.792. The highest BCUT2D eigenvalue weighted by atomic mass is 35.5. The summed E-state index contributed by atoms with van der Waals surface area (Å²) < 4.78 is 5.63. The number of benzene rings is 1. The molecule has 1 aromatic rings. The molecule has 126 valence electrons. The zero-order chi connectivity index (χ0) is 16.1. The van der Waals surface area contributed by atoms with Crippen molar-refractivity contribution in [1.82, 2.24) is 10.2 Å². The van der Waals surface area contributed by atoms with Crippen LogP contribution in [0.1, 0.15) is 18.4 Å². The van der Waals surface area contributed by atoms with Gasteiger partial charge in [-0.1, -0.05) is 29.8 Å². The van der Waals surface area contributed by atoms with Gasteiger partial charge in [0.1, 0.15) is 6.54 Å². The molecule has 1 atom stereocenters. The average molecular weight is 355 g/mol. The van der Waals surface area contributed by atoms with Crippen molar-refractivity contribution in [2.75, 3.05) is 39.3 Å². The molecule has 0 saturated carbocycles. The Bertz CT molecular complexity index is 528. The third-order valence-electron chi connectivity index (χ3n) is 4.66. The normalized spacial score (nSPS) is 22.3. The van der Waals surface area contributed by atoms with E-state index in [1.54, 1.807) is 4.90 Å². The summed E-state index contributed by atoms with van der Waals surface area (Å²) in [5.74, 6) is 0.